The van der Waals surface area contributed by atoms with Crippen molar-refractivity contribution in [1.29, 1.82) is 0 Å². The number of hydrogen-bond acceptors (Lipinski definition) is 2. The van der Waals surface area contributed by atoms with Crippen LogP contribution in [-0.2, 0) is 21.6 Å². The highest BCUT2D eigenvalue weighted by atomic mass is 35.5. The molecule has 2 N–H and O–H groups in total. The van der Waals surface area contributed by atoms with Gasteiger partial charge in [0.1, 0.15) is 5.60 Å². The summed E-state index contributed by atoms with van der Waals surface area (Å²) in [6, 6.07) is 1.57. The number of hydrogen-bond donors (Lipinski definition) is 2. The predicted octanol–water partition coefficient (Wildman–Crippen LogP) is 4.39. The lowest BCUT2D eigenvalue weighted by Gasteiger charge is -2.32. The Balaban J connectivity index is 2.31. The first-order valence-corrected chi connectivity index (χ1v) is 7.51. The minimum absolute atomic E-state index is 0.143. The van der Waals surface area contributed by atoms with Crippen molar-refractivity contribution in [3.8, 4) is 0 Å². The van der Waals surface area contributed by atoms with Crippen molar-refractivity contribution in [1.82, 2.24) is 4.98 Å². The summed E-state index contributed by atoms with van der Waals surface area (Å²) in [6.07, 6.45) is 0.483. The van der Waals surface area contributed by atoms with Gasteiger partial charge in [-0.2, -0.15) is 0 Å². The number of H-pyrrole nitrogens is 1. The van der Waals surface area contributed by atoms with E-state index < -0.39 is 11.6 Å². The van der Waals surface area contributed by atoms with Crippen molar-refractivity contribution >= 4 is 51.7 Å². The Kier molecular flexibility index (Phi) is 3.61. The SMILES string of the molecule is CC1(CC(=O)O)OCCc2c1[nH]c1c(Cl)cc(Cl)c(Cl)c21. The van der Waals surface area contributed by atoms with Crippen molar-refractivity contribution in [3.05, 3.63) is 32.4 Å². The molecule has 112 valence electrons. The highest BCUT2D eigenvalue weighted by Gasteiger charge is 2.38. The summed E-state index contributed by atoms with van der Waals surface area (Å²) in [5.41, 5.74) is 1.36. The van der Waals surface area contributed by atoms with Gasteiger partial charge in [-0.3, -0.25) is 4.79 Å². The maximum absolute atomic E-state index is 11.1. The van der Waals surface area contributed by atoms with Crippen molar-refractivity contribution < 1.29 is 14.6 Å². The number of carbonyl (C=O) groups is 1. The smallest absolute Gasteiger partial charge is 0.306 e. The van der Waals surface area contributed by atoms with E-state index in [-0.39, 0.29) is 6.42 Å². The number of aromatic nitrogens is 1. The van der Waals surface area contributed by atoms with Crippen LogP contribution in [0.1, 0.15) is 24.6 Å². The minimum Gasteiger partial charge on any atom is -0.481 e. The van der Waals surface area contributed by atoms with Crippen molar-refractivity contribution in [3.63, 3.8) is 0 Å². The fourth-order valence-electron chi connectivity index (χ4n) is 2.91. The number of ether oxygens (including phenoxy) is 1. The van der Waals surface area contributed by atoms with E-state index in [0.717, 1.165) is 10.9 Å². The van der Waals surface area contributed by atoms with Crippen LogP contribution in [0.25, 0.3) is 10.9 Å². The molecule has 1 aliphatic heterocycles. The summed E-state index contributed by atoms with van der Waals surface area (Å²) in [7, 11) is 0. The summed E-state index contributed by atoms with van der Waals surface area (Å²) in [6.45, 7) is 2.17. The second-order valence-electron chi connectivity index (χ2n) is 5.28. The topological polar surface area (TPSA) is 62.3 Å². The van der Waals surface area contributed by atoms with Crippen molar-refractivity contribution in [2.45, 2.75) is 25.4 Å². The third-order valence-corrected chi connectivity index (χ3v) is 4.90. The lowest BCUT2D eigenvalue weighted by molar-refractivity contribution is -0.146. The lowest BCUT2D eigenvalue weighted by Crippen LogP contribution is -2.34. The van der Waals surface area contributed by atoms with Crippen molar-refractivity contribution in [2.24, 2.45) is 0 Å². The lowest BCUT2D eigenvalue weighted by atomic mass is 9.90. The fraction of sp³-hybridized carbons (Fsp3) is 0.357. The molecule has 0 spiro atoms. The predicted molar refractivity (Wildman–Crippen MR) is 82.6 cm³/mol. The molecule has 0 saturated carbocycles. The normalized spacial score (nSPS) is 21.5. The first kappa shape index (κ1) is 15.0. The van der Waals surface area contributed by atoms with E-state index in [4.69, 9.17) is 44.6 Å². The zero-order valence-electron chi connectivity index (χ0n) is 11.1. The Hall–Kier alpha value is -0.940. The highest BCUT2D eigenvalue weighted by molar-refractivity contribution is 6.48. The maximum Gasteiger partial charge on any atom is 0.306 e. The molecule has 0 fully saturated rings. The van der Waals surface area contributed by atoms with Gasteiger partial charge in [-0.25, -0.2) is 0 Å². The monoisotopic (exact) mass is 347 g/mol. The second kappa shape index (κ2) is 5.06. The fourth-order valence-corrected chi connectivity index (χ4v) is 3.68. The van der Waals surface area contributed by atoms with Gasteiger partial charge in [0.2, 0.25) is 0 Å². The Morgan fingerprint density at radius 1 is 1.43 bits per heavy atom. The zero-order valence-corrected chi connectivity index (χ0v) is 13.4. The molecule has 0 saturated heterocycles. The molecule has 2 heterocycles. The van der Waals surface area contributed by atoms with E-state index in [1.807, 2.05) is 0 Å². The van der Waals surface area contributed by atoms with Gasteiger partial charge in [-0.15, -0.1) is 0 Å². The van der Waals surface area contributed by atoms with Crippen LogP contribution in [0.2, 0.25) is 15.1 Å². The Bertz CT molecular complexity index is 756. The third kappa shape index (κ3) is 2.30. The van der Waals surface area contributed by atoms with E-state index in [0.29, 0.717) is 39.3 Å². The Labute approximate surface area is 135 Å². The van der Waals surface area contributed by atoms with Gasteiger partial charge in [-0.1, -0.05) is 34.8 Å². The summed E-state index contributed by atoms with van der Waals surface area (Å²) in [5, 5.41) is 11.1. The minimum atomic E-state index is -0.933. The average molecular weight is 349 g/mol. The van der Waals surface area contributed by atoms with Crippen molar-refractivity contribution in [2.75, 3.05) is 6.61 Å². The molecule has 0 bridgehead atoms. The number of aromatic amines is 1. The number of benzene rings is 1. The number of aliphatic carboxylic acids is 1. The molecule has 2 aromatic rings. The average Bonchev–Trinajstić information content (AvgIpc) is 2.77. The molecule has 0 amide bonds. The summed E-state index contributed by atoms with van der Waals surface area (Å²) >= 11 is 18.6. The van der Waals surface area contributed by atoms with E-state index in [1.54, 1.807) is 13.0 Å². The van der Waals surface area contributed by atoms with Gasteiger partial charge < -0.3 is 14.8 Å². The maximum atomic E-state index is 11.1. The van der Waals surface area contributed by atoms with Gasteiger partial charge in [-0.05, 0) is 25.0 Å². The van der Waals surface area contributed by atoms with Crippen LogP contribution in [0.15, 0.2) is 6.07 Å². The van der Waals surface area contributed by atoms with Crippen LogP contribution >= 0.6 is 34.8 Å². The molecule has 1 atom stereocenters. The quantitative estimate of drug-likeness (QED) is 0.791. The molecule has 3 rings (SSSR count). The highest BCUT2D eigenvalue weighted by Crippen LogP contribution is 2.44. The van der Waals surface area contributed by atoms with Crippen LogP contribution in [0.4, 0.5) is 0 Å². The second-order valence-corrected chi connectivity index (χ2v) is 6.47. The third-order valence-electron chi connectivity index (χ3n) is 3.82. The van der Waals surface area contributed by atoms with Crippen LogP contribution < -0.4 is 0 Å². The van der Waals surface area contributed by atoms with Crippen LogP contribution in [0.5, 0.6) is 0 Å². The number of carboxylic acid groups (broad SMARTS) is 1. The molecule has 4 nitrogen and oxygen atoms in total. The van der Waals surface area contributed by atoms with Gasteiger partial charge in [0, 0.05) is 5.39 Å². The number of carboxylic acids is 1. The summed E-state index contributed by atoms with van der Waals surface area (Å²) in [4.78, 5) is 14.3. The first-order valence-electron chi connectivity index (χ1n) is 6.38. The van der Waals surface area contributed by atoms with E-state index >= 15 is 0 Å². The van der Waals surface area contributed by atoms with Crippen LogP contribution in [0, 0.1) is 0 Å². The molecule has 1 unspecified atom stereocenters. The van der Waals surface area contributed by atoms with Gasteiger partial charge in [0.05, 0.1) is 39.3 Å². The zero-order chi connectivity index (χ0) is 15.4. The molecule has 1 aromatic carbocycles. The molecule has 1 aromatic heterocycles. The summed E-state index contributed by atoms with van der Waals surface area (Å²) in [5.74, 6) is -0.931. The van der Waals surface area contributed by atoms with Gasteiger partial charge in [0.25, 0.3) is 0 Å². The first-order chi connectivity index (χ1) is 9.83. The molecule has 7 heteroatoms. The molecular formula is C14H12Cl3NO3. The van der Waals surface area contributed by atoms with Crippen LogP contribution in [-0.4, -0.2) is 22.7 Å². The number of rotatable bonds is 2. The van der Waals surface area contributed by atoms with Crippen LogP contribution in [0.3, 0.4) is 0 Å². The Morgan fingerprint density at radius 3 is 2.81 bits per heavy atom. The number of halogens is 3. The van der Waals surface area contributed by atoms with E-state index in [2.05, 4.69) is 4.98 Å². The van der Waals surface area contributed by atoms with E-state index in [1.165, 1.54) is 0 Å². The molecule has 21 heavy (non-hydrogen) atoms. The largest absolute Gasteiger partial charge is 0.481 e. The van der Waals surface area contributed by atoms with Gasteiger partial charge >= 0.3 is 5.97 Å². The number of nitrogens with one attached hydrogen (secondary N) is 1. The molecule has 1 aliphatic rings. The summed E-state index contributed by atoms with van der Waals surface area (Å²) < 4.78 is 5.71. The molecule has 0 aliphatic carbocycles. The van der Waals surface area contributed by atoms with E-state index in [9.17, 15) is 4.79 Å². The number of fused-ring (bicyclic) bond motifs is 3. The molecule has 0 radical (unpaired) electrons. The molecular weight excluding hydrogens is 337 g/mol. The van der Waals surface area contributed by atoms with Gasteiger partial charge in [0.15, 0.2) is 0 Å². The Morgan fingerprint density at radius 2 is 2.14 bits per heavy atom. The standard InChI is InChI=1S/C14H12Cl3NO3/c1-14(5-9(19)20)13-6(2-3-21-14)10-11(17)7(15)4-8(16)12(10)18-13/h4,18H,2-3,5H2,1H3,(H,19,20).